The van der Waals surface area contributed by atoms with Crippen molar-refractivity contribution in [2.45, 2.75) is 65.0 Å². The van der Waals surface area contributed by atoms with Gasteiger partial charge < -0.3 is 25.2 Å². The molecule has 0 aromatic carbocycles. The molecule has 1 aromatic heterocycles. The summed E-state index contributed by atoms with van der Waals surface area (Å²) >= 11 is 0. The third-order valence-electron chi connectivity index (χ3n) is 3.36. The molecule has 0 saturated carbocycles. The fourth-order valence-electron chi connectivity index (χ4n) is 2.06. The van der Waals surface area contributed by atoms with E-state index in [1.165, 1.54) is 0 Å². The number of nitrogens with one attached hydrogen (secondary N) is 2. The Morgan fingerprint density at radius 2 is 1.72 bits per heavy atom. The Morgan fingerprint density at radius 1 is 1.07 bits per heavy atom. The van der Waals surface area contributed by atoms with Gasteiger partial charge in [-0.15, -0.1) is 20.4 Å². The van der Waals surface area contributed by atoms with Crippen LogP contribution in [0.15, 0.2) is 0 Å². The fourth-order valence-corrected chi connectivity index (χ4v) is 2.06. The monoisotopic (exact) mass is 412 g/mol. The van der Waals surface area contributed by atoms with Crippen LogP contribution in [0.25, 0.3) is 0 Å². The van der Waals surface area contributed by atoms with Crippen LogP contribution in [-0.2, 0) is 20.7 Å². The maximum atomic E-state index is 11.7. The van der Waals surface area contributed by atoms with E-state index < -0.39 is 29.8 Å². The van der Waals surface area contributed by atoms with E-state index >= 15 is 0 Å². The topological polar surface area (TPSA) is 166 Å². The number of carboxylic acids is 1. The van der Waals surface area contributed by atoms with Crippen LogP contribution in [0.3, 0.4) is 0 Å². The van der Waals surface area contributed by atoms with Crippen molar-refractivity contribution in [3.05, 3.63) is 11.6 Å². The van der Waals surface area contributed by atoms with Crippen LogP contribution in [0.1, 0.15) is 51.7 Å². The Morgan fingerprint density at radius 3 is 2.31 bits per heavy atom. The molecule has 0 saturated heterocycles. The molecule has 1 aromatic rings. The van der Waals surface area contributed by atoms with Gasteiger partial charge in [0.05, 0.1) is 0 Å². The molecular weight excluding hydrogens is 384 g/mol. The molecule has 29 heavy (non-hydrogen) atoms. The molecule has 162 valence electrons. The van der Waals surface area contributed by atoms with Crippen LogP contribution < -0.4 is 10.6 Å². The highest BCUT2D eigenvalue weighted by atomic mass is 16.6. The number of carboxylic acid groups (broad SMARTS) is 1. The van der Waals surface area contributed by atoms with Crippen molar-refractivity contribution in [3.63, 3.8) is 0 Å². The number of hydrogen-bond acceptors (Lipinski definition) is 9. The van der Waals surface area contributed by atoms with Gasteiger partial charge in [-0.1, -0.05) is 0 Å². The maximum absolute atomic E-state index is 11.7. The molecule has 0 aliphatic rings. The predicted octanol–water partition coefficient (Wildman–Crippen LogP) is 0.992. The summed E-state index contributed by atoms with van der Waals surface area (Å²) in [6.45, 7) is 7.12. The molecule has 0 spiro atoms. The molecule has 12 heteroatoms. The second-order valence-corrected chi connectivity index (χ2v) is 7.21. The lowest BCUT2D eigenvalue weighted by Gasteiger charge is -2.22. The van der Waals surface area contributed by atoms with Crippen LogP contribution in [0, 0.1) is 6.92 Å². The summed E-state index contributed by atoms with van der Waals surface area (Å²) in [7, 11) is 0. The van der Waals surface area contributed by atoms with Gasteiger partial charge in [-0.2, -0.15) is 0 Å². The summed E-state index contributed by atoms with van der Waals surface area (Å²) in [6.07, 6.45) is 0.112. The minimum absolute atomic E-state index is 0.0825. The number of aryl methyl sites for hydroxylation is 1. The van der Waals surface area contributed by atoms with Crippen molar-refractivity contribution < 1.29 is 29.0 Å². The number of hydrogen-bond donors (Lipinski definition) is 3. The van der Waals surface area contributed by atoms with Gasteiger partial charge in [-0.05, 0) is 47.0 Å². The molecule has 1 rings (SSSR count). The SMILES string of the molecule is Cc1nnc(CCOC(=O)NCCCCC(NC(=O)OC(C)(C)C)C(=O)O)nn1. The number of aromatic nitrogens is 4. The molecular formula is C17H28N6O6. The molecule has 0 radical (unpaired) electrons. The van der Waals surface area contributed by atoms with Gasteiger partial charge in [-0.25, -0.2) is 14.4 Å². The smallest absolute Gasteiger partial charge is 0.408 e. The van der Waals surface area contributed by atoms with Crippen LogP contribution in [0.5, 0.6) is 0 Å². The number of aliphatic carboxylic acids is 1. The van der Waals surface area contributed by atoms with Gasteiger partial charge in [0.1, 0.15) is 18.2 Å². The molecule has 0 bridgehead atoms. The van der Waals surface area contributed by atoms with E-state index in [1.807, 2.05) is 0 Å². The van der Waals surface area contributed by atoms with E-state index in [0.717, 1.165) is 0 Å². The number of nitrogens with zero attached hydrogens (tertiary/aromatic N) is 4. The number of carbonyl (C=O) groups excluding carboxylic acids is 2. The second kappa shape index (κ2) is 11.7. The number of ether oxygens (including phenoxy) is 2. The third-order valence-corrected chi connectivity index (χ3v) is 3.36. The zero-order valence-corrected chi connectivity index (χ0v) is 17.1. The van der Waals surface area contributed by atoms with Crippen molar-refractivity contribution in [1.29, 1.82) is 0 Å². The van der Waals surface area contributed by atoms with Gasteiger partial charge in [0.15, 0.2) is 11.6 Å². The van der Waals surface area contributed by atoms with Gasteiger partial charge >= 0.3 is 18.2 Å². The molecule has 1 atom stereocenters. The first-order valence-electron chi connectivity index (χ1n) is 9.22. The first-order valence-corrected chi connectivity index (χ1v) is 9.22. The molecule has 0 fully saturated rings. The minimum Gasteiger partial charge on any atom is -0.480 e. The van der Waals surface area contributed by atoms with Gasteiger partial charge in [0.25, 0.3) is 0 Å². The Labute approximate surface area is 168 Å². The first kappa shape index (κ1) is 24.0. The van der Waals surface area contributed by atoms with E-state index in [1.54, 1.807) is 27.7 Å². The zero-order chi connectivity index (χ0) is 21.9. The van der Waals surface area contributed by atoms with Crippen molar-refractivity contribution in [2.24, 2.45) is 0 Å². The Hall–Kier alpha value is -3.05. The number of unbranched alkanes of at least 4 members (excludes halogenated alkanes) is 1. The van der Waals surface area contributed by atoms with Crippen LogP contribution in [0.2, 0.25) is 0 Å². The Balaban J connectivity index is 2.18. The van der Waals surface area contributed by atoms with E-state index in [-0.39, 0.29) is 13.0 Å². The lowest BCUT2D eigenvalue weighted by atomic mass is 10.1. The van der Waals surface area contributed by atoms with E-state index in [4.69, 9.17) is 9.47 Å². The van der Waals surface area contributed by atoms with Gasteiger partial charge in [-0.3, -0.25) is 0 Å². The van der Waals surface area contributed by atoms with Crippen LogP contribution in [-0.4, -0.2) is 68.5 Å². The van der Waals surface area contributed by atoms with Gasteiger partial charge in [0, 0.05) is 13.0 Å². The molecule has 0 aliphatic carbocycles. The molecule has 1 heterocycles. The Kier molecular flexibility index (Phi) is 9.69. The molecule has 12 nitrogen and oxygen atoms in total. The van der Waals surface area contributed by atoms with E-state index in [0.29, 0.717) is 37.5 Å². The highest BCUT2D eigenvalue weighted by Gasteiger charge is 2.23. The summed E-state index contributed by atoms with van der Waals surface area (Å²) in [4.78, 5) is 34.5. The van der Waals surface area contributed by atoms with Crippen molar-refractivity contribution in [1.82, 2.24) is 31.0 Å². The van der Waals surface area contributed by atoms with Crippen molar-refractivity contribution in [2.75, 3.05) is 13.2 Å². The molecule has 0 aliphatic heterocycles. The number of carbonyl (C=O) groups is 3. The lowest BCUT2D eigenvalue weighted by Crippen LogP contribution is -2.43. The quantitative estimate of drug-likeness (QED) is 0.472. The number of alkyl carbamates (subject to hydrolysis) is 2. The van der Waals surface area contributed by atoms with Crippen LogP contribution >= 0.6 is 0 Å². The fraction of sp³-hybridized carbons (Fsp3) is 0.706. The highest BCUT2D eigenvalue weighted by molar-refractivity contribution is 5.79. The van der Waals surface area contributed by atoms with Crippen LogP contribution in [0.4, 0.5) is 9.59 Å². The average Bonchev–Trinajstić information content (AvgIpc) is 2.60. The first-order chi connectivity index (χ1) is 13.6. The average molecular weight is 412 g/mol. The molecule has 1 unspecified atom stereocenters. The van der Waals surface area contributed by atoms with E-state index in [9.17, 15) is 19.5 Å². The summed E-state index contributed by atoms with van der Waals surface area (Å²) < 4.78 is 10.0. The van der Waals surface area contributed by atoms with Crippen molar-refractivity contribution in [3.8, 4) is 0 Å². The summed E-state index contributed by atoms with van der Waals surface area (Å²) in [5.74, 6) is -0.315. The number of rotatable bonds is 10. The standard InChI is InChI=1S/C17H28N6O6/c1-11-20-22-13(23-21-11)8-10-28-15(26)18-9-6-5-7-12(14(24)25)19-16(27)29-17(2,3)4/h12H,5-10H2,1-4H3,(H,18,26)(H,19,27)(H,24,25). The Bertz CT molecular complexity index is 676. The molecule has 2 amide bonds. The maximum Gasteiger partial charge on any atom is 0.408 e. The second-order valence-electron chi connectivity index (χ2n) is 7.21. The minimum atomic E-state index is -1.15. The largest absolute Gasteiger partial charge is 0.480 e. The normalized spacial score (nSPS) is 12.0. The van der Waals surface area contributed by atoms with Crippen molar-refractivity contribution >= 4 is 18.2 Å². The van der Waals surface area contributed by atoms with Gasteiger partial charge in [0.2, 0.25) is 0 Å². The van der Waals surface area contributed by atoms with E-state index in [2.05, 4.69) is 31.0 Å². The summed E-state index contributed by atoms with van der Waals surface area (Å²) in [5, 5.41) is 29.2. The zero-order valence-electron chi connectivity index (χ0n) is 17.1. The lowest BCUT2D eigenvalue weighted by molar-refractivity contribution is -0.139. The third kappa shape index (κ3) is 11.4. The summed E-state index contributed by atoms with van der Waals surface area (Å²) in [6, 6.07) is -1.06. The molecule has 3 N–H and O–H groups in total. The summed E-state index contributed by atoms with van der Waals surface area (Å²) in [5.41, 5.74) is -0.712. The highest BCUT2D eigenvalue weighted by Crippen LogP contribution is 2.08. The predicted molar refractivity (Wildman–Crippen MR) is 100 cm³/mol. The number of amides is 2.